The predicted molar refractivity (Wildman–Crippen MR) is 119 cm³/mol. The summed E-state index contributed by atoms with van der Waals surface area (Å²) in [6.07, 6.45) is 1.56. The second kappa shape index (κ2) is 9.53. The third-order valence-electron chi connectivity index (χ3n) is 4.70. The highest BCUT2D eigenvalue weighted by molar-refractivity contribution is 7.99. The second-order valence-corrected chi connectivity index (χ2v) is 7.74. The van der Waals surface area contributed by atoms with Gasteiger partial charge in [0.05, 0.1) is 43.1 Å². The molecule has 0 aliphatic heterocycles. The predicted octanol–water partition coefficient (Wildman–Crippen LogP) is 3.45. The summed E-state index contributed by atoms with van der Waals surface area (Å²) in [6, 6.07) is 18.3. The minimum absolute atomic E-state index is 0.133. The van der Waals surface area contributed by atoms with Crippen molar-refractivity contribution in [2.45, 2.75) is 18.2 Å². The van der Waals surface area contributed by atoms with E-state index in [0.717, 1.165) is 11.3 Å². The van der Waals surface area contributed by atoms with E-state index in [1.807, 2.05) is 36.4 Å². The lowest BCUT2D eigenvalue weighted by molar-refractivity contribution is -0.118. The third kappa shape index (κ3) is 4.97. The molecule has 0 bridgehead atoms. The topological polar surface area (TPSA) is 86.4 Å². The zero-order valence-corrected chi connectivity index (χ0v) is 17.7. The molecule has 8 heteroatoms. The molecule has 0 saturated carbocycles. The van der Waals surface area contributed by atoms with Gasteiger partial charge in [-0.05, 0) is 42.0 Å². The van der Waals surface area contributed by atoms with E-state index in [1.54, 1.807) is 42.2 Å². The first-order chi connectivity index (χ1) is 15.1. The fourth-order valence-corrected chi connectivity index (χ4v) is 3.92. The third-order valence-corrected chi connectivity index (χ3v) is 5.68. The standard InChI is InChI=1S/C23H21N3O4S/c1-29-17-10-8-16(9-11-17)14-26-22(28)19-6-2-3-7-20(19)25-23(26)31-15-21(27)24-13-18-5-4-12-30-18/h2-12H,13-15H2,1H3,(H,24,27). The molecule has 2 aromatic carbocycles. The van der Waals surface area contributed by atoms with Crippen molar-refractivity contribution in [3.05, 3.63) is 88.6 Å². The summed E-state index contributed by atoms with van der Waals surface area (Å²) in [5.41, 5.74) is 1.40. The number of carbonyl (C=O) groups excluding carboxylic acids is 1. The van der Waals surface area contributed by atoms with Gasteiger partial charge < -0.3 is 14.5 Å². The first-order valence-corrected chi connectivity index (χ1v) is 10.7. The lowest BCUT2D eigenvalue weighted by atomic mass is 10.2. The molecule has 2 aromatic heterocycles. The van der Waals surface area contributed by atoms with E-state index in [-0.39, 0.29) is 17.2 Å². The first kappa shape index (κ1) is 20.7. The van der Waals surface area contributed by atoms with Crippen LogP contribution in [-0.2, 0) is 17.9 Å². The number of ether oxygens (including phenoxy) is 1. The summed E-state index contributed by atoms with van der Waals surface area (Å²) >= 11 is 1.23. The molecule has 4 rings (SSSR count). The minimum atomic E-state index is -0.167. The SMILES string of the molecule is COc1ccc(Cn2c(SCC(=O)NCc3ccco3)nc3ccccc3c2=O)cc1. The van der Waals surface area contributed by atoms with Crippen LogP contribution in [0.25, 0.3) is 10.9 Å². The van der Waals surface area contributed by atoms with Gasteiger partial charge in [0.1, 0.15) is 11.5 Å². The van der Waals surface area contributed by atoms with Crippen molar-refractivity contribution < 1.29 is 13.9 Å². The van der Waals surface area contributed by atoms with Crippen LogP contribution in [0.2, 0.25) is 0 Å². The summed E-state index contributed by atoms with van der Waals surface area (Å²) in [5.74, 6) is 1.39. The van der Waals surface area contributed by atoms with Gasteiger partial charge in [0.25, 0.3) is 5.56 Å². The molecule has 1 amide bonds. The van der Waals surface area contributed by atoms with E-state index >= 15 is 0 Å². The Morgan fingerprint density at radius 2 is 1.94 bits per heavy atom. The zero-order chi connectivity index (χ0) is 21.6. The Kier molecular flexibility index (Phi) is 6.37. The smallest absolute Gasteiger partial charge is 0.262 e. The Morgan fingerprint density at radius 1 is 1.13 bits per heavy atom. The summed E-state index contributed by atoms with van der Waals surface area (Å²) < 4.78 is 12.0. The fraction of sp³-hybridized carbons (Fsp3) is 0.174. The van der Waals surface area contributed by atoms with E-state index in [2.05, 4.69) is 10.3 Å². The quantitative estimate of drug-likeness (QED) is 0.337. The summed E-state index contributed by atoms with van der Waals surface area (Å²) in [4.78, 5) is 30.1. The molecule has 0 aliphatic carbocycles. The number of fused-ring (bicyclic) bond motifs is 1. The maximum absolute atomic E-state index is 13.2. The summed E-state index contributed by atoms with van der Waals surface area (Å²) in [5, 5.41) is 3.84. The van der Waals surface area contributed by atoms with Crippen LogP contribution in [-0.4, -0.2) is 28.3 Å². The largest absolute Gasteiger partial charge is 0.497 e. The molecule has 7 nitrogen and oxygen atoms in total. The van der Waals surface area contributed by atoms with Crippen LogP contribution >= 0.6 is 11.8 Å². The number of para-hydroxylation sites is 1. The number of aromatic nitrogens is 2. The van der Waals surface area contributed by atoms with Gasteiger partial charge in [-0.25, -0.2) is 4.98 Å². The molecule has 0 unspecified atom stereocenters. The highest BCUT2D eigenvalue weighted by Gasteiger charge is 2.14. The Labute approximate surface area is 183 Å². The van der Waals surface area contributed by atoms with Gasteiger partial charge >= 0.3 is 0 Å². The van der Waals surface area contributed by atoms with Crippen LogP contribution in [0.15, 0.2) is 81.3 Å². The minimum Gasteiger partial charge on any atom is -0.497 e. The Morgan fingerprint density at radius 3 is 2.68 bits per heavy atom. The van der Waals surface area contributed by atoms with Gasteiger partial charge in [0.15, 0.2) is 5.16 Å². The summed E-state index contributed by atoms with van der Waals surface area (Å²) in [7, 11) is 1.61. The lowest BCUT2D eigenvalue weighted by Crippen LogP contribution is -2.27. The number of rotatable bonds is 8. The molecule has 0 saturated heterocycles. The molecule has 158 valence electrons. The van der Waals surface area contributed by atoms with E-state index < -0.39 is 0 Å². The highest BCUT2D eigenvalue weighted by Crippen LogP contribution is 2.20. The number of amides is 1. The molecular formula is C23H21N3O4S. The van der Waals surface area contributed by atoms with Crippen molar-refractivity contribution in [2.24, 2.45) is 0 Å². The number of nitrogens with one attached hydrogen (secondary N) is 1. The molecule has 2 heterocycles. The number of furan rings is 1. The van der Waals surface area contributed by atoms with Gasteiger partial charge in [0, 0.05) is 0 Å². The van der Waals surface area contributed by atoms with E-state index in [0.29, 0.717) is 34.9 Å². The Bertz CT molecular complexity index is 1230. The maximum Gasteiger partial charge on any atom is 0.262 e. The number of carbonyl (C=O) groups is 1. The highest BCUT2D eigenvalue weighted by atomic mass is 32.2. The number of methoxy groups -OCH3 is 1. The van der Waals surface area contributed by atoms with Gasteiger partial charge in [-0.15, -0.1) is 0 Å². The monoisotopic (exact) mass is 435 g/mol. The van der Waals surface area contributed by atoms with E-state index in [1.165, 1.54) is 11.8 Å². The maximum atomic E-state index is 13.2. The van der Waals surface area contributed by atoms with Gasteiger partial charge in [0.2, 0.25) is 5.91 Å². The average Bonchev–Trinajstić information content (AvgIpc) is 3.32. The Balaban J connectivity index is 1.57. The van der Waals surface area contributed by atoms with Gasteiger partial charge in [-0.3, -0.25) is 14.2 Å². The van der Waals surface area contributed by atoms with Gasteiger partial charge in [-0.1, -0.05) is 36.0 Å². The normalized spacial score (nSPS) is 10.9. The molecule has 0 radical (unpaired) electrons. The molecule has 0 atom stereocenters. The van der Waals surface area contributed by atoms with Crippen molar-refractivity contribution in [1.82, 2.24) is 14.9 Å². The number of thioether (sulfide) groups is 1. The van der Waals surface area contributed by atoms with Crippen molar-refractivity contribution >= 4 is 28.6 Å². The number of nitrogens with zero attached hydrogens (tertiary/aromatic N) is 2. The first-order valence-electron chi connectivity index (χ1n) is 9.68. The number of hydrogen-bond donors (Lipinski definition) is 1. The van der Waals surface area contributed by atoms with Crippen molar-refractivity contribution in [3.8, 4) is 5.75 Å². The fourth-order valence-electron chi connectivity index (χ4n) is 3.09. The zero-order valence-electron chi connectivity index (χ0n) is 16.9. The Hall–Kier alpha value is -3.52. The van der Waals surface area contributed by atoms with Crippen molar-refractivity contribution in [2.75, 3.05) is 12.9 Å². The molecule has 4 aromatic rings. The number of hydrogen-bond acceptors (Lipinski definition) is 6. The van der Waals surface area contributed by atoms with Crippen LogP contribution in [0.5, 0.6) is 5.75 Å². The van der Waals surface area contributed by atoms with E-state index in [9.17, 15) is 9.59 Å². The van der Waals surface area contributed by atoms with Crippen LogP contribution in [0.3, 0.4) is 0 Å². The van der Waals surface area contributed by atoms with Crippen LogP contribution in [0.1, 0.15) is 11.3 Å². The average molecular weight is 436 g/mol. The molecular weight excluding hydrogens is 414 g/mol. The van der Waals surface area contributed by atoms with Crippen LogP contribution in [0.4, 0.5) is 0 Å². The lowest BCUT2D eigenvalue weighted by Gasteiger charge is -2.13. The second-order valence-electron chi connectivity index (χ2n) is 6.80. The van der Waals surface area contributed by atoms with Crippen LogP contribution < -0.4 is 15.6 Å². The molecule has 1 N–H and O–H groups in total. The number of benzene rings is 2. The van der Waals surface area contributed by atoms with Crippen molar-refractivity contribution in [3.63, 3.8) is 0 Å². The molecule has 0 fully saturated rings. The summed E-state index contributed by atoms with van der Waals surface area (Å²) in [6.45, 7) is 0.660. The van der Waals surface area contributed by atoms with E-state index in [4.69, 9.17) is 9.15 Å². The molecule has 0 aliphatic rings. The van der Waals surface area contributed by atoms with Gasteiger partial charge in [-0.2, -0.15) is 0 Å². The molecule has 31 heavy (non-hydrogen) atoms. The molecule has 0 spiro atoms. The van der Waals surface area contributed by atoms with Crippen LogP contribution in [0, 0.1) is 0 Å². The van der Waals surface area contributed by atoms with Crippen molar-refractivity contribution in [1.29, 1.82) is 0 Å².